The Morgan fingerprint density at radius 3 is 2.56 bits per heavy atom. The standard InChI is InChI=1S/C18H32BrN5O2.HI/c1-7-20-16(24(6)13-15-11-14(19)12-23(15)5)21-9-8-10-22-17(25)26-18(2,3)4;/h11-12H,7-10,13H2,1-6H3,(H,20,21)(H,22,25);1H. The maximum Gasteiger partial charge on any atom is 0.407 e. The molecule has 1 amide bonds. The minimum atomic E-state index is -0.477. The van der Waals surface area contributed by atoms with Gasteiger partial charge in [-0.2, -0.15) is 0 Å². The first-order valence-electron chi connectivity index (χ1n) is 8.89. The maximum atomic E-state index is 11.6. The van der Waals surface area contributed by atoms with Crippen molar-refractivity contribution in [3.05, 3.63) is 22.4 Å². The van der Waals surface area contributed by atoms with Gasteiger partial charge in [0.2, 0.25) is 0 Å². The fourth-order valence-electron chi connectivity index (χ4n) is 2.28. The number of aromatic nitrogens is 1. The van der Waals surface area contributed by atoms with Crippen LogP contribution in [0.4, 0.5) is 4.79 Å². The minimum Gasteiger partial charge on any atom is -0.444 e. The molecule has 1 aromatic rings. The molecule has 0 fully saturated rings. The zero-order valence-corrected chi connectivity index (χ0v) is 21.1. The highest BCUT2D eigenvalue weighted by Crippen LogP contribution is 2.15. The van der Waals surface area contributed by atoms with Crippen LogP contribution in [0, 0.1) is 0 Å². The first-order valence-corrected chi connectivity index (χ1v) is 9.68. The van der Waals surface area contributed by atoms with E-state index in [1.165, 1.54) is 5.69 Å². The van der Waals surface area contributed by atoms with Crippen LogP contribution in [0.5, 0.6) is 0 Å². The topological polar surface area (TPSA) is 70.9 Å². The van der Waals surface area contributed by atoms with Crippen molar-refractivity contribution in [1.29, 1.82) is 0 Å². The van der Waals surface area contributed by atoms with Gasteiger partial charge in [-0.1, -0.05) is 0 Å². The van der Waals surface area contributed by atoms with Crippen molar-refractivity contribution in [3.8, 4) is 0 Å². The Balaban J connectivity index is 0.00000676. The lowest BCUT2D eigenvalue weighted by Gasteiger charge is -2.22. The molecule has 0 unspecified atom stereocenters. The zero-order valence-electron chi connectivity index (χ0n) is 17.1. The number of nitrogens with one attached hydrogen (secondary N) is 2. The predicted molar refractivity (Wildman–Crippen MR) is 125 cm³/mol. The SMILES string of the molecule is CCNC(=NCCCNC(=O)OC(C)(C)C)N(C)Cc1cc(Br)cn1C.I. The summed E-state index contributed by atoms with van der Waals surface area (Å²) in [5, 5.41) is 6.05. The van der Waals surface area contributed by atoms with Gasteiger partial charge in [0.1, 0.15) is 5.60 Å². The van der Waals surface area contributed by atoms with Crippen LogP contribution in [0.3, 0.4) is 0 Å². The normalized spacial score (nSPS) is 11.6. The molecule has 9 heteroatoms. The van der Waals surface area contributed by atoms with Crippen LogP contribution in [-0.4, -0.2) is 53.8 Å². The first-order chi connectivity index (χ1) is 12.1. The van der Waals surface area contributed by atoms with Gasteiger partial charge in [0.15, 0.2) is 5.96 Å². The van der Waals surface area contributed by atoms with Crippen molar-refractivity contribution in [2.45, 2.75) is 46.3 Å². The lowest BCUT2D eigenvalue weighted by molar-refractivity contribution is 0.0527. The molecule has 1 rings (SSSR count). The Bertz CT molecular complexity index is 613. The fraction of sp³-hybridized carbons (Fsp3) is 0.667. The van der Waals surface area contributed by atoms with E-state index < -0.39 is 5.60 Å². The first kappa shape index (κ1) is 26.0. The molecule has 0 aliphatic carbocycles. The second kappa shape index (κ2) is 12.5. The van der Waals surface area contributed by atoms with Crippen LogP contribution in [0.1, 0.15) is 39.8 Å². The molecule has 27 heavy (non-hydrogen) atoms. The van der Waals surface area contributed by atoms with Crippen molar-refractivity contribution < 1.29 is 9.53 Å². The third-order valence-corrected chi connectivity index (χ3v) is 3.87. The van der Waals surface area contributed by atoms with Crippen LogP contribution >= 0.6 is 39.9 Å². The molecule has 7 nitrogen and oxygen atoms in total. The largest absolute Gasteiger partial charge is 0.444 e. The summed E-state index contributed by atoms with van der Waals surface area (Å²) in [6.45, 7) is 10.3. The average Bonchev–Trinajstić information content (AvgIpc) is 2.81. The number of alkyl carbamates (subject to hydrolysis) is 1. The van der Waals surface area contributed by atoms with Crippen molar-refractivity contribution in [3.63, 3.8) is 0 Å². The smallest absolute Gasteiger partial charge is 0.407 e. The Labute approximate surface area is 188 Å². The molecule has 1 aromatic heterocycles. The highest BCUT2D eigenvalue weighted by molar-refractivity contribution is 14.0. The molecule has 0 aliphatic heterocycles. The van der Waals surface area contributed by atoms with Crippen molar-refractivity contribution in [2.24, 2.45) is 12.0 Å². The van der Waals surface area contributed by atoms with Gasteiger partial charge in [-0.3, -0.25) is 4.99 Å². The number of rotatable bonds is 7. The highest BCUT2D eigenvalue weighted by atomic mass is 127. The molecule has 0 saturated heterocycles. The van der Waals surface area contributed by atoms with Crippen LogP contribution < -0.4 is 10.6 Å². The van der Waals surface area contributed by atoms with E-state index in [0.717, 1.165) is 29.9 Å². The molecule has 0 spiro atoms. The number of hydrogen-bond donors (Lipinski definition) is 2. The fourth-order valence-corrected chi connectivity index (χ4v) is 2.85. The van der Waals surface area contributed by atoms with E-state index in [1.807, 2.05) is 48.0 Å². The number of carbonyl (C=O) groups excluding carboxylic acids is 1. The average molecular weight is 558 g/mol. The third-order valence-electron chi connectivity index (χ3n) is 3.43. The van der Waals surface area contributed by atoms with E-state index in [2.05, 4.69) is 47.1 Å². The van der Waals surface area contributed by atoms with E-state index in [-0.39, 0.29) is 30.1 Å². The van der Waals surface area contributed by atoms with Gasteiger partial charge in [0.05, 0.1) is 6.54 Å². The molecule has 0 saturated carbocycles. The van der Waals surface area contributed by atoms with E-state index in [1.54, 1.807) is 0 Å². The Kier molecular flexibility index (Phi) is 12.0. The predicted octanol–water partition coefficient (Wildman–Crippen LogP) is 3.72. The summed E-state index contributed by atoms with van der Waals surface area (Å²) in [6, 6.07) is 2.10. The van der Waals surface area contributed by atoms with Gasteiger partial charge in [-0.05, 0) is 56.1 Å². The van der Waals surface area contributed by atoms with Gasteiger partial charge in [0, 0.05) is 50.1 Å². The van der Waals surface area contributed by atoms with Crippen molar-refractivity contribution in [2.75, 3.05) is 26.7 Å². The second-order valence-corrected chi connectivity index (χ2v) is 8.05. The summed E-state index contributed by atoms with van der Waals surface area (Å²) in [7, 11) is 4.04. The van der Waals surface area contributed by atoms with Gasteiger partial charge < -0.3 is 24.8 Å². The third kappa shape index (κ3) is 10.8. The molecule has 0 aromatic carbocycles. The maximum absolute atomic E-state index is 11.6. The number of aliphatic imine (C=N–C) groups is 1. The Morgan fingerprint density at radius 1 is 1.37 bits per heavy atom. The van der Waals surface area contributed by atoms with Crippen LogP contribution in [0.15, 0.2) is 21.7 Å². The molecule has 0 atom stereocenters. The van der Waals surface area contributed by atoms with E-state index in [4.69, 9.17) is 4.74 Å². The van der Waals surface area contributed by atoms with Gasteiger partial charge >= 0.3 is 6.09 Å². The molecular formula is C18H33BrIN5O2. The van der Waals surface area contributed by atoms with E-state index in [0.29, 0.717) is 13.1 Å². The second-order valence-electron chi connectivity index (χ2n) is 7.13. The quantitative estimate of drug-likeness (QED) is 0.232. The number of carbonyl (C=O) groups is 1. The van der Waals surface area contributed by atoms with Crippen LogP contribution in [-0.2, 0) is 18.3 Å². The highest BCUT2D eigenvalue weighted by Gasteiger charge is 2.15. The number of halogens is 2. The number of aryl methyl sites for hydroxylation is 1. The number of amides is 1. The van der Waals surface area contributed by atoms with Crippen LogP contribution in [0.25, 0.3) is 0 Å². The summed E-state index contributed by atoms with van der Waals surface area (Å²) in [6.07, 6.45) is 2.40. The zero-order chi connectivity index (χ0) is 19.7. The molecule has 1 heterocycles. The molecule has 0 aliphatic rings. The number of ether oxygens (including phenoxy) is 1. The number of hydrogen-bond acceptors (Lipinski definition) is 3. The molecule has 2 N–H and O–H groups in total. The summed E-state index contributed by atoms with van der Waals surface area (Å²) < 4.78 is 8.37. The number of nitrogens with zero attached hydrogens (tertiary/aromatic N) is 3. The Morgan fingerprint density at radius 2 is 2.04 bits per heavy atom. The van der Waals surface area contributed by atoms with Gasteiger partial charge in [0.25, 0.3) is 0 Å². The molecule has 0 radical (unpaired) electrons. The number of guanidine groups is 1. The van der Waals surface area contributed by atoms with Crippen LogP contribution in [0.2, 0.25) is 0 Å². The lowest BCUT2D eigenvalue weighted by atomic mass is 10.2. The van der Waals surface area contributed by atoms with E-state index >= 15 is 0 Å². The summed E-state index contributed by atoms with van der Waals surface area (Å²) in [4.78, 5) is 18.3. The molecule has 156 valence electrons. The molecule has 0 bridgehead atoms. The van der Waals surface area contributed by atoms with E-state index in [9.17, 15) is 4.79 Å². The van der Waals surface area contributed by atoms with Crippen molar-refractivity contribution >= 4 is 52.0 Å². The van der Waals surface area contributed by atoms with Gasteiger partial charge in [-0.25, -0.2) is 4.79 Å². The lowest BCUT2D eigenvalue weighted by Crippen LogP contribution is -2.39. The summed E-state index contributed by atoms with van der Waals surface area (Å²) in [5.41, 5.74) is 0.714. The molecular weight excluding hydrogens is 525 g/mol. The minimum absolute atomic E-state index is 0. The van der Waals surface area contributed by atoms with Gasteiger partial charge in [-0.15, -0.1) is 24.0 Å². The monoisotopic (exact) mass is 557 g/mol. The summed E-state index contributed by atoms with van der Waals surface area (Å²) >= 11 is 3.50. The Hall–Kier alpha value is -0.970. The summed E-state index contributed by atoms with van der Waals surface area (Å²) in [5.74, 6) is 0.849. The van der Waals surface area contributed by atoms with Crippen molar-refractivity contribution in [1.82, 2.24) is 20.1 Å².